The Labute approximate surface area is 307 Å². The summed E-state index contributed by atoms with van der Waals surface area (Å²) in [4.78, 5) is 0. The number of piperidine rings is 1. The molecule has 4 heterocycles. The second kappa shape index (κ2) is 14.1. The van der Waals surface area contributed by atoms with Crippen LogP contribution in [0, 0.1) is 52.3 Å². The molecule has 0 aromatic heterocycles. The highest BCUT2D eigenvalue weighted by Crippen LogP contribution is 2.71. The number of hydrogen-bond acceptors (Lipinski definition) is 13. The Kier molecular flexibility index (Phi) is 10.4. The first-order chi connectivity index (χ1) is 24.7. The predicted molar refractivity (Wildman–Crippen MR) is 185 cm³/mol. The van der Waals surface area contributed by atoms with Gasteiger partial charge < -0.3 is 59.4 Å². The number of hydrogen-bond donors (Lipinski definition) is 8. The normalized spacial score (nSPS) is 59.0. The molecule has 8 rings (SSSR count). The lowest BCUT2D eigenvalue weighted by atomic mass is 9.44. The fraction of sp³-hybridized carbons (Fsp3) is 1.00. The largest absolute Gasteiger partial charge is 0.394 e. The molecule has 0 bridgehead atoms. The van der Waals surface area contributed by atoms with Gasteiger partial charge in [-0.2, -0.15) is 0 Å². The molecular weight excluding hydrogens is 674 g/mol. The van der Waals surface area contributed by atoms with Gasteiger partial charge in [0.1, 0.15) is 54.6 Å². The molecule has 8 fully saturated rings. The van der Waals surface area contributed by atoms with Crippen molar-refractivity contribution in [1.29, 1.82) is 0 Å². The number of fused-ring (bicyclic) bond motifs is 7. The lowest BCUT2D eigenvalue weighted by Crippen LogP contribution is -2.65. The van der Waals surface area contributed by atoms with Crippen LogP contribution in [0.25, 0.3) is 0 Å². The molecule has 0 radical (unpaired) electrons. The summed E-state index contributed by atoms with van der Waals surface area (Å²) in [5, 5.41) is 76.7. The van der Waals surface area contributed by atoms with Gasteiger partial charge in [-0.25, -0.2) is 0 Å². The van der Waals surface area contributed by atoms with Gasteiger partial charge in [-0.05, 0) is 111 Å². The van der Waals surface area contributed by atoms with E-state index >= 15 is 0 Å². The van der Waals surface area contributed by atoms with E-state index in [9.17, 15) is 35.7 Å². The molecule has 4 aliphatic carbocycles. The molecule has 8 aliphatic rings. The first-order valence-corrected chi connectivity index (χ1v) is 20.4. The average molecular weight is 740 g/mol. The van der Waals surface area contributed by atoms with E-state index in [1.807, 2.05) is 0 Å². The predicted octanol–water partition coefficient (Wildman–Crippen LogP) is 1.02. The smallest absolute Gasteiger partial charge is 0.187 e. The average Bonchev–Trinajstić information content (AvgIpc) is 3.58. The fourth-order valence-electron chi connectivity index (χ4n) is 13.4. The molecule has 0 unspecified atom stereocenters. The zero-order valence-corrected chi connectivity index (χ0v) is 31.3. The minimum atomic E-state index is -1.71. The highest BCUT2D eigenvalue weighted by molar-refractivity contribution is 5.16. The summed E-state index contributed by atoms with van der Waals surface area (Å²) in [6.45, 7) is 9.74. The van der Waals surface area contributed by atoms with Crippen molar-refractivity contribution in [3.63, 3.8) is 0 Å². The van der Waals surface area contributed by atoms with Gasteiger partial charge in [0.2, 0.25) is 0 Å². The highest BCUT2D eigenvalue weighted by Gasteiger charge is 2.68. The summed E-state index contributed by atoms with van der Waals surface area (Å²) in [6, 6.07) is 0. The molecule has 13 nitrogen and oxygen atoms in total. The van der Waals surface area contributed by atoms with Gasteiger partial charge in [-0.15, -0.1) is 0 Å². The molecule has 0 aromatic rings. The van der Waals surface area contributed by atoms with E-state index in [0.29, 0.717) is 52.9 Å². The molecular formula is C39H65NO12. The van der Waals surface area contributed by atoms with Crippen LogP contribution >= 0.6 is 0 Å². The van der Waals surface area contributed by atoms with Gasteiger partial charge in [0.25, 0.3) is 0 Å². The van der Waals surface area contributed by atoms with Crippen molar-refractivity contribution in [2.24, 2.45) is 52.3 Å². The minimum Gasteiger partial charge on any atom is -0.394 e. The summed E-state index contributed by atoms with van der Waals surface area (Å²) < 4.78 is 30.6. The molecule has 13 heteroatoms. The van der Waals surface area contributed by atoms with E-state index in [-0.39, 0.29) is 17.2 Å². The van der Waals surface area contributed by atoms with Gasteiger partial charge in [0, 0.05) is 12.5 Å². The number of aliphatic hydroxyl groups is 7. The van der Waals surface area contributed by atoms with Crippen LogP contribution in [0.15, 0.2) is 0 Å². The first-order valence-electron chi connectivity index (χ1n) is 20.4. The van der Waals surface area contributed by atoms with Crippen LogP contribution in [0.5, 0.6) is 0 Å². The molecule has 4 saturated carbocycles. The van der Waals surface area contributed by atoms with Crippen molar-refractivity contribution < 1.29 is 59.4 Å². The third-order valence-corrected chi connectivity index (χ3v) is 16.4. The lowest BCUT2D eigenvalue weighted by molar-refractivity contribution is -0.364. The van der Waals surface area contributed by atoms with Crippen molar-refractivity contribution in [2.45, 2.75) is 171 Å². The van der Waals surface area contributed by atoms with E-state index in [0.717, 1.165) is 38.6 Å². The minimum absolute atomic E-state index is 0.143. The third kappa shape index (κ3) is 5.98. The molecule has 4 aliphatic heterocycles. The Morgan fingerprint density at radius 1 is 0.692 bits per heavy atom. The summed E-state index contributed by atoms with van der Waals surface area (Å²) in [7, 11) is 0. The topological polar surface area (TPSA) is 200 Å². The number of nitrogens with one attached hydrogen (secondary N) is 1. The molecule has 0 amide bonds. The van der Waals surface area contributed by atoms with Gasteiger partial charge in [0.05, 0.1) is 25.4 Å². The first kappa shape index (κ1) is 38.4. The van der Waals surface area contributed by atoms with Gasteiger partial charge in [-0.3, -0.25) is 5.32 Å². The molecule has 8 N–H and O–H groups in total. The van der Waals surface area contributed by atoms with Crippen molar-refractivity contribution in [2.75, 3.05) is 19.8 Å². The SMILES string of the molecule is C[C@H]1CC[C@@]2(NC1)O[C@H]1C[C@H]3[C@@H]4CC[C@H]5C[C@@H](O[C@@H]6O[C@H](CO)[C@H](O[C@@H]7O[C@H](CO)[C@@H](O)[C@H](O)[C@H]7O)[C@H](O)[C@H]6O)CC[C@]5(C)[C@H]4CC[C@]3(C)[C@H]1[C@@H]2C. The Hall–Kier alpha value is -0.520. The maximum atomic E-state index is 11.2. The van der Waals surface area contributed by atoms with Crippen molar-refractivity contribution in [3.8, 4) is 0 Å². The van der Waals surface area contributed by atoms with Crippen molar-refractivity contribution in [1.82, 2.24) is 5.32 Å². The van der Waals surface area contributed by atoms with E-state index < -0.39 is 74.6 Å². The Bertz CT molecular complexity index is 1270. The molecule has 1 spiro atoms. The molecule has 52 heavy (non-hydrogen) atoms. The molecule has 298 valence electrons. The zero-order valence-electron chi connectivity index (χ0n) is 31.3. The Morgan fingerprint density at radius 3 is 2.10 bits per heavy atom. The van der Waals surface area contributed by atoms with Crippen LogP contribution in [0.1, 0.15) is 91.9 Å². The quantitative estimate of drug-likeness (QED) is 0.180. The van der Waals surface area contributed by atoms with Crippen LogP contribution in [-0.2, 0) is 23.7 Å². The molecule has 4 saturated heterocycles. The number of rotatable bonds is 6. The van der Waals surface area contributed by atoms with Crippen LogP contribution in [-0.4, -0.2) is 135 Å². The van der Waals surface area contributed by atoms with E-state index in [2.05, 4.69) is 33.0 Å². The monoisotopic (exact) mass is 739 g/mol. The van der Waals surface area contributed by atoms with Crippen LogP contribution in [0.3, 0.4) is 0 Å². The summed E-state index contributed by atoms with van der Waals surface area (Å²) in [5.74, 6) is 4.38. The van der Waals surface area contributed by atoms with Crippen molar-refractivity contribution >= 4 is 0 Å². The second-order valence-corrected chi connectivity index (χ2v) is 18.9. The van der Waals surface area contributed by atoms with E-state index in [1.54, 1.807) is 0 Å². The van der Waals surface area contributed by atoms with Crippen LogP contribution < -0.4 is 5.32 Å². The molecule has 22 atom stereocenters. The standard InChI is InChI=1S/C39H65NO12/c1-18-7-12-39(40-15-18)19(2)28-25(52-39)14-24-22-6-5-20-13-21(8-10-37(20,3)23(22)9-11-38(24,28)4)48-35-33(47)31(45)34(27(17-42)50-35)51-36-32(46)30(44)29(43)26(16-41)49-36/h18-36,40-47H,5-17H2,1-4H3/t18-,19-,20-,21-,22+,23-,24-,25-,26+,27+,28-,29+,30-,31+,32+,33+,34-,35+,36-,37-,38-,39+/m0/s1. The third-order valence-electron chi connectivity index (χ3n) is 16.4. The Morgan fingerprint density at radius 2 is 1.38 bits per heavy atom. The fourth-order valence-corrected chi connectivity index (χ4v) is 13.4. The Balaban J connectivity index is 0.892. The summed E-state index contributed by atoms with van der Waals surface area (Å²) in [5.41, 5.74) is 0.377. The van der Waals surface area contributed by atoms with Crippen LogP contribution in [0.4, 0.5) is 0 Å². The second-order valence-electron chi connectivity index (χ2n) is 18.9. The maximum absolute atomic E-state index is 11.2. The number of aliphatic hydroxyl groups excluding tert-OH is 7. The van der Waals surface area contributed by atoms with Gasteiger partial charge >= 0.3 is 0 Å². The number of ether oxygens (including phenoxy) is 5. The highest BCUT2D eigenvalue weighted by atomic mass is 16.7. The van der Waals surface area contributed by atoms with Crippen molar-refractivity contribution in [3.05, 3.63) is 0 Å². The maximum Gasteiger partial charge on any atom is 0.187 e. The summed E-state index contributed by atoms with van der Waals surface area (Å²) >= 11 is 0. The van der Waals surface area contributed by atoms with Gasteiger partial charge in [0.15, 0.2) is 12.6 Å². The van der Waals surface area contributed by atoms with E-state index in [1.165, 1.54) is 32.1 Å². The van der Waals surface area contributed by atoms with E-state index in [4.69, 9.17) is 23.7 Å². The van der Waals surface area contributed by atoms with Gasteiger partial charge in [-0.1, -0.05) is 27.7 Å². The van der Waals surface area contributed by atoms with Crippen LogP contribution in [0.2, 0.25) is 0 Å². The summed E-state index contributed by atoms with van der Waals surface area (Å²) in [6.07, 6.45) is -3.24. The molecule has 0 aromatic carbocycles. The zero-order chi connectivity index (χ0) is 36.9. The lowest BCUT2D eigenvalue weighted by Gasteiger charge is -2.61.